The summed E-state index contributed by atoms with van der Waals surface area (Å²) in [7, 11) is 0. The van der Waals surface area contributed by atoms with Crippen molar-refractivity contribution in [1.82, 2.24) is 10.6 Å². The van der Waals surface area contributed by atoms with Crippen molar-refractivity contribution < 1.29 is 4.79 Å². The largest absolute Gasteiger partial charge is 0.352 e. The van der Waals surface area contributed by atoms with Crippen LogP contribution in [0, 0.1) is 12.3 Å². The van der Waals surface area contributed by atoms with Crippen LogP contribution in [-0.4, -0.2) is 25.0 Å². The van der Waals surface area contributed by atoms with Crippen molar-refractivity contribution >= 4 is 5.91 Å². The molecule has 0 heterocycles. The number of carbonyl (C=O) groups excluding carboxylic acids is 1. The SMILES string of the molecule is C#CCNCC(=O)NC1CCCCC1. The number of rotatable bonds is 4. The highest BCUT2D eigenvalue weighted by molar-refractivity contribution is 5.78. The summed E-state index contributed by atoms with van der Waals surface area (Å²) in [5.41, 5.74) is 0. The molecule has 0 radical (unpaired) electrons. The lowest BCUT2D eigenvalue weighted by Crippen LogP contribution is -2.41. The average Bonchev–Trinajstić information content (AvgIpc) is 2.20. The van der Waals surface area contributed by atoms with Crippen LogP contribution in [0.5, 0.6) is 0 Å². The van der Waals surface area contributed by atoms with E-state index in [4.69, 9.17) is 6.42 Å². The minimum atomic E-state index is 0.0622. The van der Waals surface area contributed by atoms with Crippen LogP contribution < -0.4 is 10.6 Å². The average molecular weight is 194 g/mol. The number of carbonyl (C=O) groups is 1. The van der Waals surface area contributed by atoms with Crippen LogP contribution in [0.25, 0.3) is 0 Å². The first-order valence-corrected chi connectivity index (χ1v) is 5.26. The van der Waals surface area contributed by atoms with Crippen LogP contribution >= 0.6 is 0 Å². The monoisotopic (exact) mass is 194 g/mol. The number of hydrogen-bond donors (Lipinski definition) is 2. The Morgan fingerprint density at radius 3 is 2.71 bits per heavy atom. The Bertz CT molecular complexity index is 214. The Labute approximate surface area is 85.6 Å². The molecule has 0 atom stereocenters. The third-order valence-electron chi connectivity index (χ3n) is 2.48. The first-order chi connectivity index (χ1) is 6.83. The zero-order valence-electron chi connectivity index (χ0n) is 8.51. The second-order valence-electron chi connectivity index (χ2n) is 3.71. The molecule has 0 aromatic rings. The fraction of sp³-hybridized carbons (Fsp3) is 0.727. The van der Waals surface area contributed by atoms with Crippen molar-refractivity contribution in [1.29, 1.82) is 0 Å². The van der Waals surface area contributed by atoms with Gasteiger partial charge in [-0.05, 0) is 12.8 Å². The van der Waals surface area contributed by atoms with Gasteiger partial charge in [-0.1, -0.05) is 25.2 Å². The first kappa shape index (κ1) is 11.1. The van der Waals surface area contributed by atoms with Crippen molar-refractivity contribution in [3.05, 3.63) is 0 Å². The van der Waals surface area contributed by atoms with E-state index in [9.17, 15) is 4.79 Å². The van der Waals surface area contributed by atoms with Gasteiger partial charge in [-0.3, -0.25) is 10.1 Å². The van der Waals surface area contributed by atoms with Gasteiger partial charge in [0.2, 0.25) is 5.91 Å². The van der Waals surface area contributed by atoms with Crippen LogP contribution in [0.4, 0.5) is 0 Å². The van der Waals surface area contributed by atoms with E-state index in [0.29, 0.717) is 19.1 Å². The van der Waals surface area contributed by atoms with Gasteiger partial charge in [0.25, 0.3) is 0 Å². The van der Waals surface area contributed by atoms with Crippen LogP contribution in [0.1, 0.15) is 32.1 Å². The van der Waals surface area contributed by atoms with Gasteiger partial charge < -0.3 is 5.32 Å². The molecule has 78 valence electrons. The Kier molecular flexibility index (Phi) is 5.09. The van der Waals surface area contributed by atoms with Crippen LogP contribution in [0.15, 0.2) is 0 Å². The Balaban J connectivity index is 2.10. The van der Waals surface area contributed by atoms with Gasteiger partial charge in [-0.2, -0.15) is 0 Å². The maximum atomic E-state index is 11.3. The lowest BCUT2D eigenvalue weighted by molar-refractivity contribution is -0.121. The molecule has 0 aromatic heterocycles. The molecule has 1 rings (SSSR count). The summed E-state index contributed by atoms with van der Waals surface area (Å²) in [6.07, 6.45) is 11.1. The highest BCUT2D eigenvalue weighted by Crippen LogP contribution is 2.16. The van der Waals surface area contributed by atoms with E-state index < -0.39 is 0 Å². The molecule has 1 aliphatic rings. The molecular weight excluding hydrogens is 176 g/mol. The van der Waals surface area contributed by atoms with E-state index in [0.717, 1.165) is 12.8 Å². The van der Waals surface area contributed by atoms with Crippen molar-refractivity contribution in [3.63, 3.8) is 0 Å². The molecule has 2 N–H and O–H groups in total. The molecule has 1 aliphatic carbocycles. The quantitative estimate of drug-likeness (QED) is 0.510. The van der Waals surface area contributed by atoms with Gasteiger partial charge in [0, 0.05) is 6.04 Å². The number of nitrogens with one attached hydrogen (secondary N) is 2. The van der Waals surface area contributed by atoms with Crippen LogP contribution in [0.3, 0.4) is 0 Å². The lowest BCUT2D eigenvalue weighted by Gasteiger charge is -2.22. The summed E-state index contributed by atoms with van der Waals surface area (Å²) in [5, 5.41) is 5.88. The molecule has 0 spiro atoms. The van der Waals surface area contributed by atoms with Gasteiger partial charge in [-0.15, -0.1) is 6.42 Å². The van der Waals surface area contributed by atoms with E-state index in [-0.39, 0.29) is 5.91 Å². The number of terminal acetylenes is 1. The molecule has 3 heteroatoms. The number of amides is 1. The fourth-order valence-corrected chi connectivity index (χ4v) is 1.77. The molecule has 0 aromatic carbocycles. The molecule has 1 amide bonds. The predicted molar refractivity (Wildman–Crippen MR) is 56.7 cm³/mol. The number of hydrogen-bond acceptors (Lipinski definition) is 2. The van der Waals surface area contributed by atoms with Crippen molar-refractivity contribution in [2.45, 2.75) is 38.1 Å². The van der Waals surface area contributed by atoms with Gasteiger partial charge in [0.1, 0.15) is 0 Å². The summed E-state index contributed by atoms with van der Waals surface area (Å²) >= 11 is 0. The highest BCUT2D eigenvalue weighted by atomic mass is 16.1. The third kappa shape index (κ3) is 4.29. The topological polar surface area (TPSA) is 41.1 Å². The predicted octanol–water partition coefficient (Wildman–Crippen LogP) is 0.658. The molecule has 0 unspecified atom stereocenters. The van der Waals surface area contributed by atoms with E-state index in [1.165, 1.54) is 19.3 Å². The molecule has 0 aliphatic heterocycles. The smallest absolute Gasteiger partial charge is 0.234 e. The van der Waals surface area contributed by atoms with E-state index in [2.05, 4.69) is 16.6 Å². The molecule has 0 saturated heterocycles. The first-order valence-electron chi connectivity index (χ1n) is 5.26. The zero-order valence-corrected chi connectivity index (χ0v) is 8.51. The standard InChI is InChI=1S/C11H18N2O/c1-2-8-12-9-11(14)13-10-6-4-3-5-7-10/h1,10,12H,3-9H2,(H,13,14). The summed E-state index contributed by atoms with van der Waals surface area (Å²) in [4.78, 5) is 11.3. The third-order valence-corrected chi connectivity index (χ3v) is 2.48. The second-order valence-corrected chi connectivity index (χ2v) is 3.71. The molecule has 14 heavy (non-hydrogen) atoms. The van der Waals surface area contributed by atoms with E-state index in [1.807, 2.05) is 0 Å². The summed E-state index contributed by atoms with van der Waals surface area (Å²) in [6, 6.07) is 0.392. The molecule has 1 fully saturated rings. The van der Waals surface area contributed by atoms with Gasteiger partial charge in [0.15, 0.2) is 0 Å². The van der Waals surface area contributed by atoms with Gasteiger partial charge in [0.05, 0.1) is 13.1 Å². The Hall–Kier alpha value is -1.01. The van der Waals surface area contributed by atoms with Crippen LogP contribution in [-0.2, 0) is 4.79 Å². The summed E-state index contributed by atoms with van der Waals surface area (Å²) in [6.45, 7) is 0.790. The van der Waals surface area contributed by atoms with Gasteiger partial charge in [-0.25, -0.2) is 0 Å². The minimum Gasteiger partial charge on any atom is -0.352 e. The Morgan fingerprint density at radius 1 is 1.36 bits per heavy atom. The molecule has 3 nitrogen and oxygen atoms in total. The lowest BCUT2D eigenvalue weighted by atomic mass is 9.95. The Morgan fingerprint density at radius 2 is 2.07 bits per heavy atom. The van der Waals surface area contributed by atoms with Gasteiger partial charge >= 0.3 is 0 Å². The maximum Gasteiger partial charge on any atom is 0.234 e. The summed E-state index contributed by atoms with van der Waals surface area (Å²) in [5.74, 6) is 2.50. The molecule has 1 saturated carbocycles. The maximum absolute atomic E-state index is 11.3. The zero-order chi connectivity index (χ0) is 10.2. The highest BCUT2D eigenvalue weighted by Gasteiger charge is 2.14. The summed E-state index contributed by atoms with van der Waals surface area (Å²) < 4.78 is 0. The molecular formula is C11H18N2O. The second kappa shape index (κ2) is 6.44. The van der Waals surface area contributed by atoms with E-state index >= 15 is 0 Å². The van der Waals surface area contributed by atoms with Crippen molar-refractivity contribution in [3.8, 4) is 12.3 Å². The fourth-order valence-electron chi connectivity index (χ4n) is 1.77. The normalized spacial score (nSPS) is 17.4. The van der Waals surface area contributed by atoms with Crippen LogP contribution in [0.2, 0.25) is 0 Å². The minimum absolute atomic E-state index is 0.0622. The van der Waals surface area contributed by atoms with Crippen molar-refractivity contribution in [2.24, 2.45) is 0 Å². The molecule has 0 bridgehead atoms. The van der Waals surface area contributed by atoms with Crippen molar-refractivity contribution in [2.75, 3.05) is 13.1 Å². The van der Waals surface area contributed by atoms with E-state index in [1.54, 1.807) is 0 Å².